The fourth-order valence-corrected chi connectivity index (χ4v) is 2.72. The molecule has 0 aromatic heterocycles. The summed E-state index contributed by atoms with van der Waals surface area (Å²) in [4.78, 5) is 25.9. The standard InChI is InChI=1S/C18H18N2O2/c21-17-11-16(19-12-14-7-3-1-4-8-14)18(22)20(17)13-15-9-5-2-6-10-15/h1-10,16,19H,11-13H2/p+1/t16-/m1/s1. The third-order valence-corrected chi connectivity index (χ3v) is 3.94. The second kappa shape index (κ2) is 6.54. The highest BCUT2D eigenvalue weighted by Gasteiger charge is 2.40. The molecule has 4 nitrogen and oxygen atoms in total. The van der Waals surface area contributed by atoms with Crippen molar-refractivity contribution in [2.75, 3.05) is 0 Å². The lowest BCUT2D eigenvalue weighted by Gasteiger charge is -2.14. The molecule has 0 unspecified atom stereocenters. The van der Waals surface area contributed by atoms with Crippen LogP contribution in [0.25, 0.3) is 0 Å². The van der Waals surface area contributed by atoms with Gasteiger partial charge in [-0.15, -0.1) is 0 Å². The Hall–Kier alpha value is -2.46. The van der Waals surface area contributed by atoms with Crippen molar-refractivity contribution in [3.8, 4) is 0 Å². The molecule has 0 radical (unpaired) electrons. The Balaban J connectivity index is 1.61. The van der Waals surface area contributed by atoms with Gasteiger partial charge in [0.2, 0.25) is 5.91 Å². The van der Waals surface area contributed by atoms with Crippen LogP contribution in [-0.4, -0.2) is 22.8 Å². The van der Waals surface area contributed by atoms with E-state index in [-0.39, 0.29) is 17.9 Å². The van der Waals surface area contributed by atoms with Gasteiger partial charge in [-0.2, -0.15) is 0 Å². The van der Waals surface area contributed by atoms with Crippen LogP contribution in [0.15, 0.2) is 60.7 Å². The first-order chi connectivity index (χ1) is 10.7. The lowest BCUT2D eigenvalue weighted by Crippen LogP contribution is -2.90. The monoisotopic (exact) mass is 295 g/mol. The number of imide groups is 1. The molecule has 0 spiro atoms. The fourth-order valence-electron chi connectivity index (χ4n) is 2.72. The third kappa shape index (κ3) is 3.23. The minimum absolute atomic E-state index is 0.0789. The smallest absolute Gasteiger partial charge is 0.288 e. The summed E-state index contributed by atoms with van der Waals surface area (Å²) in [6, 6.07) is 19.3. The Morgan fingerprint density at radius 1 is 0.909 bits per heavy atom. The van der Waals surface area contributed by atoms with Crippen molar-refractivity contribution in [3.05, 3.63) is 71.8 Å². The predicted octanol–water partition coefficient (Wildman–Crippen LogP) is 1.08. The van der Waals surface area contributed by atoms with Gasteiger partial charge < -0.3 is 5.32 Å². The van der Waals surface area contributed by atoms with Crippen LogP contribution in [0.5, 0.6) is 0 Å². The zero-order chi connectivity index (χ0) is 15.4. The molecular formula is C18H19N2O2+. The van der Waals surface area contributed by atoms with Crippen molar-refractivity contribution in [1.82, 2.24) is 4.90 Å². The zero-order valence-electron chi connectivity index (χ0n) is 12.3. The number of amides is 2. The summed E-state index contributed by atoms with van der Waals surface area (Å²) in [5.74, 6) is -0.159. The van der Waals surface area contributed by atoms with Crippen LogP contribution in [0.4, 0.5) is 0 Å². The average Bonchev–Trinajstić information content (AvgIpc) is 2.82. The van der Waals surface area contributed by atoms with Crippen molar-refractivity contribution >= 4 is 11.8 Å². The van der Waals surface area contributed by atoms with Crippen LogP contribution in [-0.2, 0) is 22.7 Å². The molecule has 1 heterocycles. The van der Waals surface area contributed by atoms with Gasteiger partial charge in [-0.25, -0.2) is 0 Å². The molecule has 0 bridgehead atoms. The number of nitrogens with zero attached hydrogens (tertiary/aromatic N) is 1. The van der Waals surface area contributed by atoms with E-state index in [0.717, 1.165) is 11.1 Å². The van der Waals surface area contributed by atoms with Crippen molar-refractivity contribution in [2.24, 2.45) is 0 Å². The van der Waals surface area contributed by atoms with Gasteiger partial charge >= 0.3 is 0 Å². The number of nitrogens with two attached hydrogens (primary N) is 1. The van der Waals surface area contributed by atoms with Crippen molar-refractivity contribution in [2.45, 2.75) is 25.6 Å². The Bertz CT molecular complexity index is 655. The van der Waals surface area contributed by atoms with E-state index in [1.165, 1.54) is 4.90 Å². The first kappa shape index (κ1) is 14.5. The maximum atomic E-state index is 12.4. The molecule has 1 aliphatic rings. The molecule has 2 aromatic rings. The largest absolute Gasteiger partial charge is 0.332 e. The maximum Gasteiger partial charge on any atom is 0.288 e. The van der Waals surface area contributed by atoms with Crippen molar-refractivity contribution in [3.63, 3.8) is 0 Å². The van der Waals surface area contributed by atoms with Crippen molar-refractivity contribution in [1.29, 1.82) is 0 Å². The summed E-state index contributed by atoms with van der Waals surface area (Å²) in [6.45, 7) is 1.08. The summed E-state index contributed by atoms with van der Waals surface area (Å²) >= 11 is 0. The maximum absolute atomic E-state index is 12.4. The van der Waals surface area contributed by atoms with E-state index in [9.17, 15) is 9.59 Å². The summed E-state index contributed by atoms with van der Waals surface area (Å²) in [7, 11) is 0. The zero-order valence-corrected chi connectivity index (χ0v) is 12.3. The summed E-state index contributed by atoms with van der Waals surface area (Å²) in [6.07, 6.45) is 0.290. The van der Waals surface area contributed by atoms with Gasteiger partial charge in [0, 0.05) is 5.56 Å². The minimum Gasteiger partial charge on any atom is -0.332 e. The van der Waals surface area contributed by atoms with Crippen molar-refractivity contribution < 1.29 is 14.9 Å². The Morgan fingerprint density at radius 3 is 2.14 bits per heavy atom. The quantitative estimate of drug-likeness (QED) is 0.839. The molecule has 1 saturated heterocycles. The van der Waals surface area contributed by atoms with Gasteiger partial charge in [-0.3, -0.25) is 14.5 Å². The molecule has 2 amide bonds. The molecular weight excluding hydrogens is 276 g/mol. The number of quaternary nitrogens is 1. The second-order valence-corrected chi connectivity index (χ2v) is 5.54. The highest BCUT2D eigenvalue weighted by Crippen LogP contribution is 2.14. The molecule has 1 atom stereocenters. The number of carbonyl (C=O) groups excluding carboxylic acids is 2. The second-order valence-electron chi connectivity index (χ2n) is 5.54. The van der Waals surface area contributed by atoms with Crippen LogP contribution in [0, 0.1) is 0 Å². The average molecular weight is 295 g/mol. The van der Waals surface area contributed by atoms with Crippen LogP contribution < -0.4 is 5.32 Å². The van der Waals surface area contributed by atoms with E-state index in [0.29, 0.717) is 19.5 Å². The number of rotatable bonds is 5. The van der Waals surface area contributed by atoms with Crippen LogP contribution >= 0.6 is 0 Å². The van der Waals surface area contributed by atoms with Gasteiger partial charge in [0.05, 0.1) is 13.0 Å². The summed E-state index contributed by atoms with van der Waals surface area (Å²) in [5.41, 5.74) is 2.14. The number of hydrogen-bond acceptors (Lipinski definition) is 2. The minimum atomic E-state index is -0.295. The number of likely N-dealkylation sites (tertiary alicyclic amines) is 1. The molecule has 1 aliphatic heterocycles. The van der Waals surface area contributed by atoms with Gasteiger partial charge in [0.15, 0.2) is 6.04 Å². The lowest BCUT2D eigenvalue weighted by atomic mass is 10.2. The van der Waals surface area contributed by atoms with E-state index in [2.05, 4.69) is 0 Å². The topological polar surface area (TPSA) is 54.0 Å². The third-order valence-electron chi connectivity index (χ3n) is 3.94. The lowest BCUT2D eigenvalue weighted by molar-refractivity contribution is -0.690. The number of hydrogen-bond donors (Lipinski definition) is 1. The van der Waals surface area contributed by atoms with E-state index in [1.807, 2.05) is 66.0 Å². The molecule has 1 fully saturated rings. The Kier molecular flexibility index (Phi) is 4.30. The van der Waals surface area contributed by atoms with Crippen LogP contribution in [0.2, 0.25) is 0 Å². The molecule has 112 valence electrons. The molecule has 4 heteroatoms. The highest BCUT2D eigenvalue weighted by atomic mass is 16.2. The molecule has 0 aliphatic carbocycles. The molecule has 3 rings (SSSR count). The predicted molar refractivity (Wildman–Crippen MR) is 82.5 cm³/mol. The first-order valence-corrected chi connectivity index (χ1v) is 7.49. The van der Waals surface area contributed by atoms with Crippen LogP contribution in [0.3, 0.4) is 0 Å². The number of carbonyl (C=O) groups is 2. The Morgan fingerprint density at radius 2 is 1.50 bits per heavy atom. The summed E-state index contributed by atoms with van der Waals surface area (Å²) in [5, 5.41) is 1.96. The molecule has 22 heavy (non-hydrogen) atoms. The van der Waals surface area contributed by atoms with Gasteiger partial charge in [-0.1, -0.05) is 60.7 Å². The van der Waals surface area contributed by atoms with Gasteiger partial charge in [0.25, 0.3) is 5.91 Å². The Labute approximate surface area is 129 Å². The van der Waals surface area contributed by atoms with E-state index in [1.54, 1.807) is 0 Å². The van der Waals surface area contributed by atoms with E-state index in [4.69, 9.17) is 0 Å². The highest BCUT2D eigenvalue weighted by molar-refractivity contribution is 6.04. The van der Waals surface area contributed by atoms with Gasteiger partial charge in [-0.05, 0) is 5.56 Å². The van der Waals surface area contributed by atoms with Crippen LogP contribution in [0.1, 0.15) is 17.5 Å². The fraction of sp³-hybridized carbons (Fsp3) is 0.222. The number of benzene rings is 2. The van der Waals surface area contributed by atoms with E-state index < -0.39 is 0 Å². The molecule has 0 saturated carbocycles. The molecule has 2 N–H and O–H groups in total. The SMILES string of the molecule is O=C1C[C@@H]([NH2+]Cc2ccccc2)C(=O)N1Cc1ccccc1. The first-order valence-electron chi connectivity index (χ1n) is 7.49. The molecule has 2 aromatic carbocycles. The van der Waals surface area contributed by atoms with Gasteiger partial charge in [0.1, 0.15) is 6.54 Å². The summed E-state index contributed by atoms with van der Waals surface area (Å²) < 4.78 is 0. The normalized spacial score (nSPS) is 18.0. The van der Waals surface area contributed by atoms with E-state index >= 15 is 0 Å².